The number of carbonyl (C=O) groups is 1. The molecular weight excluding hydrogens is 324 g/mol. The Bertz CT molecular complexity index is 758. The summed E-state index contributed by atoms with van der Waals surface area (Å²) >= 11 is 6.09. The van der Waals surface area contributed by atoms with Crippen molar-refractivity contribution in [2.45, 2.75) is 26.9 Å². The summed E-state index contributed by atoms with van der Waals surface area (Å²) in [5.41, 5.74) is 5.91. The molecule has 0 atom stereocenters. The van der Waals surface area contributed by atoms with E-state index in [-0.39, 0.29) is 5.91 Å². The highest BCUT2D eigenvalue weighted by atomic mass is 35.5. The van der Waals surface area contributed by atoms with E-state index in [4.69, 9.17) is 16.3 Å². The third-order valence-corrected chi connectivity index (χ3v) is 4.70. The summed E-state index contributed by atoms with van der Waals surface area (Å²) in [4.78, 5) is 14.4. The number of amides is 1. The lowest BCUT2D eigenvalue weighted by atomic mass is 10.0. The minimum absolute atomic E-state index is 0.0440. The zero-order valence-corrected chi connectivity index (χ0v) is 14.9. The van der Waals surface area contributed by atoms with E-state index in [0.29, 0.717) is 23.0 Å². The summed E-state index contributed by atoms with van der Waals surface area (Å²) in [6, 6.07) is 9.69. The molecule has 1 amide bonds. The van der Waals surface area contributed by atoms with Gasteiger partial charge in [-0.1, -0.05) is 23.7 Å². The highest BCUT2D eigenvalue weighted by Crippen LogP contribution is 2.28. The van der Waals surface area contributed by atoms with Gasteiger partial charge in [0, 0.05) is 18.8 Å². The number of nitrogens with one attached hydrogen (secondary N) is 1. The molecule has 5 heteroatoms. The van der Waals surface area contributed by atoms with Gasteiger partial charge in [-0.25, -0.2) is 0 Å². The van der Waals surface area contributed by atoms with Crippen molar-refractivity contribution < 1.29 is 9.53 Å². The number of methoxy groups -OCH3 is 1. The van der Waals surface area contributed by atoms with Gasteiger partial charge < -0.3 is 10.1 Å². The maximum absolute atomic E-state index is 12.3. The Morgan fingerprint density at radius 1 is 1.17 bits per heavy atom. The van der Waals surface area contributed by atoms with Crippen LogP contribution in [0.2, 0.25) is 5.02 Å². The molecule has 1 heterocycles. The van der Waals surface area contributed by atoms with Gasteiger partial charge in [0.05, 0.1) is 18.7 Å². The molecule has 0 fully saturated rings. The van der Waals surface area contributed by atoms with Crippen LogP contribution in [0, 0.1) is 13.8 Å². The van der Waals surface area contributed by atoms with Crippen molar-refractivity contribution in [3.63, 3.8) is 0 Å². The summed E-state index contributed by atoms with van der Waals surface area (Å²) in [6.45, 7) is 6.23. The summed E-state index contributed by atoms with van der Waals surface area (Å²) in [6.07, 6.45) is 0. The third-order valence-electron chi connectivity index (χ3n) is 4.41. The molecule has 2 aromatic carbocycles. The molecule has 4 nitrogen and oxygen atoms in total. The van der Waals surface area contributed by atoms with E-state index < -0.39 is 0 Å². The second-order valence-electron chi connectivity index (χ2n) is 6.25. The maximum atomic E-state index is 12.3. The number of ether oxygens (including phenoxy) is 1. The summed E-state index contributed by atoms with van der Waals surface area (Å²) < 4.78 is 5.11. The van der Waals surface area contributed by atoms with Gasteiger partial charge in [-0.3, -0.25) is 9.69 Å². The number of aryl methyl sites for hydroxylation is 2. The normalized spacial score (nSPS) is 13.7. The number of rotatable bonds is 4. The van der Waals surface area contributed by atoms with E-state index in [0.717, 1.165) is 13.1 Å². The molecule has 0 aromatic heterocycles. The standard InChI is InChI=1S/C19H21ClN2O2/c1-12-6-14-9-22(10-15(14)7-13(12)2)11-19(23)21-16-4-5-18(24-3)17(20)8-16/h4-8H,9-11H2,1-3H3,(H,21,23). The molecule has 0 aliphatic carbocycles. The predicted octanol–water partition coefficient (Wildman–Crippen LogP) is 3.92. The Balaban J connectivity index is 1.61. The number of nitrogens with zero attached hydrogens (tertiary/aromatic N) is 1. The Hall–Kier alpha value is -2.04. The quantitative estimate of drug-likeness (QED) is 0.914. The minimum atomic E-state index is -0.0440. The van der Waals surface area contributed by atoms with Gasteiger partial charge in [0.2, 0.25) is 5.91 Å². The second-order valence-corrected chi connectivity index (χ2v) is 6.66. The molecule has 1 N–H and O–H groups in total. The third kappa shape index (κ3) is 3.55. The van der Waals surface area contributed by atoms with E-state index in [1.807, 2.05) is 0 Å². The number of hydrogen-bond acceptors (Lipinski definition) is 3. The lowest BCUT2D eigenvalue weighted by Gasteiger charge is -2.14. The van der Waals surface area contributed by atoms with Gasteiger partial charge in [0.1, 0.15) is 5.75 Å². The first-order valence-corrected chi connectivity index (χ1v) is 8.29. The van der Waals surface area contributed by atoms with Crippen LogP contribution in [0.1, 0.15) is 22.3 Å². The van der Waals surface area contributed by atoms with Gasteiger partial charge in [0.25, 0.3) is 0 Å². The Morgan fingerprint density at radius 3 is 2.33 bits per heavy atom. The van der Waals surface area contributed by atoms with Gasteiger partial charge >= 0.3 is 0 Å². The smallest absolute Gasteiger partial charge is 0.238 e. The molecule has 0 bridgehead atoms. The monoisotopic (exact) mass is 344 g/mol. The van der Waals surface area contributed by atoms with Crippen LogP contribution in [0.5, 0.6) is 5.75 Å². The number of carbonyl (C=O) groups excluding carboxylic acids is 1. The van der Waals surface area contributed by atoms with E-state index in [2.05, 4.69) is 36.2 Å². The number of benzene rings is 2. The lowest BCUT2D eigenvalue weighted by molar-refractivity contribution is -0.117. The van der Waals surface area contributed by atoms with Crippen molar-refractivity contribution in [2.24, 2.45) is 0 Å². The fraction of sp³-hybridized carbons (Fsp3) is 0.316. The molecule has 1 aliphatic rings. The molecular formula is C19H21ClN2O2. The fourth-order valence-electron chi connectivity index (χ4n) is 3.03. The van der Waals surface area contributed by atoms with Crippen LogP contribution >= 0.6 is 11.6 Å². The van der Waals surface area contributed by atoms with E-state index in [9.17, 15) is 4.79 Å². The van der Waals surface area contributed by atoms with Gasteiger partial charge in [0.15, 0.2) is 0 Å². The zero-order valence-electron chi connectivity index (χ0n) is 14.1. The summed E-state index contributed by atoms with van der Waals surface area (Å²) in [7, 11) is 1.56. The Labute approximate surface area is 147 Å². The first-order valence-electron chi connectivity index (χ1n) is 7.91. The second kappa shape index (κ2) is 6.83. The maximum Gasteiger partial charge on any atom is 0.238 e. The lowest BCUT2D eigenvalue weighted by Crippen LogP contribution is -2.29. The number of anilines is 1. The van der Waals surface area contributed by atoms with E-state index >= 15 is 0 Å². The van der Waals surface area contributed by atoms with Crippen molar-refractivity contribution in [3.05, 3.63) is 57.6 Å². The highest BCUT2D eigenvalue weighted by molar-refractivity contribution is 6.32. The first kappa shape index (κ1) is 16.8. The fourth-order valence-corrected chi connectivity index (χ4v) is 3.29. The van der Waals surface area contributed by atoms with Crippen molar-refractivity contribution in [1.29, 1.82) is 0 Å². The predicted molar refractivity (Wildman–Crippen MR) is 96.7 cm³/mol. The first-order chi connectivity index (χ1) is 11.5. The average Bonchev–Trinajstić information content (AvgIpc) is 2.88. The summed E-state index contributed by atoms with van der Waals surface area (Å²) in [5.74, 6) is 0.549. The molecule has 0 saturated carbocycles. The Kier molecular flexibility index (Phi) is 4.78. The van der Waals surface area contributed by atoms with Crippen LogP contribution in [0.25, 0.3) is 0 Å². The van der Waals surface area contributed by atoms with Crippen LogP contribution < -0.4 is 10.1 Å². The number of fused-ring (bicyclic) bond motifs is 1. The molecule has 0 radical (unpaired) electrons. The van der Waals surface area contributed by atoms with Crippen LogP contribution in [0.4, 0.5) is 5.69 Å². The number of hydrogen-bond donors (Lipinski definition) is 1. The molecule has 1 aliphatic heterocycles. The van der Waals surface area contributed by atoms with Gasteiger partial charge in [-0.15, -0.1) is 0 Å². The number of halogens is 1. The van der Waals surface area contributed by atoms with E-state index in [1.54, 1.807) is 25.3 Å². The van der Waals surface area contributed by atoms with Gasteiger partial charge in [-0.2, -0.15) is 0 Å². The van der Waals surface area contributed by atoms with Crippen molar-refractivity contribution in [3.8, 4) is 5.75 Å². The molecule has 24 heavy (non-hydrogen) atoms. The van der Waals surface area contributed by atoms with Crippen LogP contribution in [-0.2, 0) is 17.9 Å². The largest absolute Gasteiger partial charge is 0.495 e. The molecule has 3 rings (SSSR count). The van der Waals surface area contributed by atoms with E-state index in [1.165, 1.54) is 22.3 Å². The van der Waals surface area contributed by atoms with Crippen LogP contribution in [-0.4, -0.2) is 24.5 Å². The SMILES string of the molecule is COc1ccc(NC(=O)CN2Cc3cc(C)c(C)cc3C2)cc1Cl. The van der Waals surface area contributed by atoms with Crippen LogP contribution in [0.3, 0.4) is 0 Å². The van der Waals surface area contributed by atoms with Crippen molar-refractivity contribution in [1.82, 2.24) is 4.90 Å². The summed E-state index contributed by atoms with van der Waals surface area (Å²) in [5, 5.41) is 3.37. The molecule has 126 valence electrons. The molecule has 0 saturated heterocycles. The molecule has 2 aromatic rings. The van der Waals surface area contributed by atoms with Crippen molar-refractivity contribution in [2.75, 3.05) is 19.0 Å². The van der Waals surface area contributed by atoms with Crippen molar-refractivity contribution >= 4 is 23.2 Å². The highest BCUT2D eigenvalue weighted by Gasteiger charge is 2.21. The van der Waals surface area contributed by atoms with Gasteiger partial charge in [-0.05, 0) is 54.3 Å². The zero-order chi connectivity index (χ0) is 17.3. The topological polar surface area (TPSA) is 41.6 Å². The minimum Gasteiger partial charge on any atom is -0.495 e. The molecule has 0 spiro atoms. The average molecular weight is 345 g/mol. The van der Waals surface area contributed by atoms with Crippen LogP contribution in [0.15, 0.2) is 30.3 Å². The molecule has 0 unspecified atom stereocenters. The Morgan fingerprint density at radius 2 is 1.79 bits per heavy atom.